The SMILES string of the molecule is CC(=O)C1=C(O)C=C2Oc3c(C(=O)/C=C/c4ccc(-c5ccc(F)cc5)cc4)c(O)c(C)c(O)c3[C@]2(C)C1=O. The maximum absolute atomic E-state index is 13.4. The molecule has 0 aromatic heterocycles. The zero-order valence-electron chi connectivity index (χ0n) is 21.2. The van der Waals surface area contributed by atoms with Gasteiger partial charge in [0.2, 0.25) is 0 Å². The van der Waals surface area contributed by atoms with Gasteiger partial charge in [0.25, 0.3) is 0 Å². The number of halogens is 1. The molecule has 8 heteroatoms. The summed E-state index contributed by atoms with van der Waals surface area (Å²) in [5, 5.41) is 32.1. The number of carbonyl (C=O) groups is 3. The van der Waals surface area contributed by atoms with E-state index in [9.17, 15) is 34.1 Å². The minimum absolute atomic E-state index is 0.0452. The first kappa shape index (κ1) is 25.7. The summed E-state index contributed by atoms with van der Waals surface area (Å²) in [5.74, 6) is -4.31. The highest BCUT2D eigenvalue weighted by molar-refractivity contribution is 6.26. The summed E-state index contributed by atoms with van der Waals surface area (Å²) in [5.41, 5.74) is -0.177. The fraction of sp³-hybridized carbons (Fsp3) is 0.129. The number of hydrogen-bond donors (Lipinski definition) is 3. The van der Waals surface area contributed by atoms with Crippen molar-refractivity contribution < 1.29 is 38.8 Å². The lowest BCUT2D eigenvalue weighted by Gasteiger charge is -2.28. The van der Waals surface area contributed by atoms with Gasteiger partial charge >= 0.3 is 0 Å². The first-order chi connectivity index (χ1) is 18.4. The molecule has 1 heterocycles. The molecule has 0 spiro atoms. The highest BCUT2D eigenvalue weighted by Crippen LogP contribution is 2.57. The van der Waals surface area contributed by atoms with Gasteiger partial charge < -0.3 is 20.1 Å². The summed E-state index contributed by atoms with van der Waals surface area (Å²) in [6, 6.07) is 13.2. The van der Waals surface area contributed by atoms with Gasteiger partial charge in [0.15, 0.2) is 17.3 Å². The summed E-state index contributed by atoms with van der Waals surface area (Å²) < 4.78 is 19.0. The second kappa shape index (κ2) is 9.09. The third-order valence-electron chi connectivity index (χ3n) is 7.16. The molecule has 3 aromatic rings. The van der Waals surface area contributed by atoms with Crippen molar-refractivity contribution in [2.24, 2.45) is 0 Å². The second-order valence-corrected chi connectivity index (χ2v) is 9.61. The molecule has 1 aliphatic carbocycles. The molecule has 1 atom stereocenters. The molecule has 3 aromatic carbocycles. The van der Waals surface area contributed by atoms with Crippen LogP contribution >= 0.6 is 0 Å². The van der Waals surface area contributed by atoms with Gasteiger partial charge in [-0.15, -0.1) is 0 Å². The maximum Gasteiger partial charge on any atom is 0.193 e. The van der Waals surface area contributed by atoms with E-state index in [1.54, 1.807) is 24.3 Å². The van der Waals surface area contributed by atoms with Crippen molar-refractivity contribution in [3.05, 3.63) is 106 Å². The molecule has 0 fully saturated rings. The first-order valence-corrected chi connectivity index (χ1v) is 12.0. The normalized spacial score (nSPS) is 18.1. The van der Waals surface area contributed by atoms with E-state index in [0.717, 1.165) is 24.1 Å². The lowest BCUT2D eigenvalue weighted by atomic mass is 9.71. The minimum atomic E-state index is -1.69. The highest BCUT2D eigenvalue weighted by Gasteiger charge is 2.55. The van der Waals surface area contributed by atoms with Crippen LogP contribution in [0, 0.1) is 12.7 Å². The van der Waals surface area contributed by atoms with Crippen LogP contribution in [0.15, 0.2) is 77.8 Å². The molecule has 0 amide bonds. The first-order valence-electron chi connectivity index (χ1n) is 12.0. The average Bonchev–Trinajstić information content (AvgIpc) is 3.19. The number of aliphatic hydroxyl groups excluding tert-OH is 1. The molecule has 7 nitrogen and oxygen atoms in total. The van der Waals surface area contributed by atoms with Crippen LogP contribution in [-0.4, -0.2) is 32.7 Å². The third kappa shape index (κ3) is 3.92. The van der Waals surface area contributed by atoms with Crippen molar-refractivity contribution in [2.45, 2.75) is 26.2 Å². The number of carbonyl (C=O) groups excluding carboxylic acids is 3. The maximum atomic E-state index is 13.4. The van der Waals surface area contributed by atoms with Crippen LogP contribution in [0.5, 0.6) is 17.2 Å². The topological polar surface area (TPSA) is 121 Å². The summed E-state index contributed by atoms with van der Waals surface area (Å²) in [4.78, 5) is 38.8. The zero-order valence-corrected chi connectivity index (χ0v) is 21.2. The summed E-state index contributed by atoms with van der Waals surface area (Å²) in [6.45, 7) is 3.94. The van der Waals surface area contributed by atoms with Crippen molar-refractivity contribution in [3.63, 3.8) is 0 Å². The van der Waals surface area contributed by atoms with Gasteiger partial charge in [-0.2, -0.15) is 0 Å². The van der Waals surface area contributed by atoms with Crippen molar-refractivity contribution in [1.82, 2.24) is 0 Å². The van der Waals surface area contributed by atoms with Crippen LogP contribution < -0.4 is 4.74 Å². The van der Waals surface area contributed by atoms with E-state index >= 15 is 0 Å². The number of rotatable bonds is 5. The van der Waals surface area contributed by atoms with Crippen LogP contribution in [-0.2, 0) is 15.0 Å². The van der Waals surface area contributed by atoms with Gasteiger partial charge in [0.05, 0.1) is 5.56 Å². The van der Waals surface area contributed by atoms with Gasteiger partial charge in [-0.3, -0.25) is 14.4 Å². The van der Waals surface area contributed by atoms with Gasteiger partial charge in [0, 0.05) is 11.6 Å². The number of aliphatic hydroxyl groups is 1. The Morgan fingerprint density at radius 1 is 0.949 bits per heavy atom. The van der Waals surface area contributed by atoms with Crippen molar-refractivity contribution in [1.29, 1.82) is 0 Å². The number of aromatic hydroxyl groups is 2. The van der Waals surface area contributed by atoms with E-state index in [1.807, 2.05) is 12.1 Å². The number of Topliss-reactive ketones (excluding diaryl/α,β-unsaturated/α-hetero) is 2. The molecule has 1 aliphatic heterocycles. The fourth-order valence-electron chi connectivity index (χ4n) is 4.94. The number of allylic oxidation sites excluding steroid dienone is 4. The largest absolute Gasteiger partial charge is 0.507 e. The smallest absolute Gasteiger partial charge is 0.193 e. The van der Waals surface area contributed by atoms with Crippen LogP contribution in [0.25, 0.3) is 17.2 Å². The molecule has 0 saturated carbocycles. The average molecular weight is 527 g/mol. The predicted molar refractivity (Wildman–Crippen MR) is 141 cm³/mol. The van der Waals surface area contributed by atoms with E-state index in [1.165, 1.54) is 38.1 Å². The quantitative estimate of drug-likeness (QED) is 0.224. The number of benzene rings is 3. The summed E-state index contributed by atoms with van der Waals surface area (Å²) in [7, 11) is 0. The van der Waals surface area contributed by atoms with Crippen molar-refractivity contribution in [3.8, 4) is 28.4 Å². The molecule has 0 bridgehead atoms. The number of phenols is 2. The molecular weight excluding hydrogens is 503 g/mol. The standard InChI is InChI=1S/C31H23FO7/c1-15-27(36)25(21(34)13-6-17-4-7-18(8-5-17)19-9-11-20(32)12-10-19)29-26(28(15)37)31(3)23(39-29)14-22(35)24(16(2)33)30(31)38/h4-14,35-37H,1-3H3/b13-6+/t31-/m1/s1. The second-order valence-electron chi connectivity index (χ2n) is 9.61. The van der Waals surface area contributed by atoms with Gasteiger partial charge in [0.1, 0.15) is 51.1 Å². The molecular formula is C31H23FO7. The number of ether oxygens (including phenoxy) is 1. The van der Waals surface area contributed by atoms with Crippen molar-refractivity contribution >= 4 is 23.4 Å². The van der Waals surface area contributed by atoms with E-state index in [-0.39, 0.29) is 34.0 Å². The molecule has 0 unspecified atom stereocenters. The number of ketones is 3. The van der Waals surface area contributed by atoms with Crippen LogP contribution in [0.4, 0.5) is 4.39 Å². The van der Waals surface area contributed by atoms with Gasteiger partial charge in [-0.05, 0) is 55.7 Å². The minimum Gasteiger partial charge on any atom is -0.507 e. The number of fused-ring (bicyclic) bond motifs is 3. The molecule has 39 heavy (non-hydrogen) atoms. The Hall–Kier alpha value is -4.98. The van der Waals surface area contributed by atoms with E-state index in [0.29, 0.717) is 5.56 Å². The van der Waals surface area contributed by atoms with Crippen LogP contribution in [0.2, 0.25) is 0 Å². The summed E-state index contributed by atoms with van der Waals surface area (Å²) >= 11 is 0. The molecule has 3 N–H and O–H groups in total. The van der Waals surface area contributed by atoms with Gasteiger partial charge in [-0.25, -0.2) is 4.39 Å². The Kier molecular flexibility index (Phi) is 5.98. The molecule has 196 valence electrons. The molecule has 5 rings (SSSR count). The predicted octanol–water partition coefficient (Wildman–Crippen LogP) is 5.63. The van der Waals surface area contributed by atoms with Crippen LogP contribution in [0.3, 0.4) is 0 Å². The highest BCUT2D eigenvalue weighted by atomic mass is 19.1. The molecule has 0 saturated heterocycles. The Balaban J connectivity index is 1.53. The summed E-state index contributed by atoms with van der Waals surface area (Å²) in [6.07, 6.45) is 3.86. The van der Waals surface area contributed by atoms with E-state index in [4.69, 9.17) is 4.74 Å². The van der Waals surface area contributed by atoms with E-state index in [2.05, 4.69) is 0 Å². The Bertz CT molecular complexity index is 1680. The Morgan fingerprint density at radius 2 is 1.54 bits per heavy atom. The molecule has 2 aliphatic rings. The fourth-order valence-corrected chi connectivity index (χ4v) is 4.94. The monoisotopic (exact) mass is 526 g/mol. The lowest BCUT2D eigenvalue weighted by Crippen LogP contribution is -2.38. The number of hydrogen-bond acceptors (Lipinski definition) is 7. The zero-order chi connectivity index (χ0) is 28.2. The lowest BCUT2D eigenvalue weighted by molar-refractivity contribution is -0.123. The van der Waals surface area contributed by atoms with Crippen LogP contribution in [0.1, 0.15) is 40.9 Å². The third-order valence-corrected chi connectivity index (χ3v) is 7.16. The van der Waals surface area contributed by atoms with Crippen molar-refractivity contribution in [2.75, 3.05) is 0 Å². The van der Waals surface area contributed by atoms with E-state index < -0.39 is 45.6 Å². The van der Waals surface area contributed by atoms with Gasteiger partial charge in [-0.1, -0.05) is 42.5 Å². The number of phenolic OH excluding ortho intramolecular Hbond substituents is 2. The Morgan fingerprint density at radius 3 is 2.13 bits per heavy atom. The molecule has 0 radical (unpaired) electrons. The Labute approximate surface area is 222 Å².